The van der Waals surface area contributed by atoms with Crippen LogP contribution in [0.1, 0.15) is 139 Å². The van der Waals surface area contributed by atoms with Crippen LogP contribution < -0.4 is 0 Å². The quantitative estimate of drug-likeness (QED) is 0.131. The van der Waals surface area contributed by atoms with E-state index >= 15 is 0 Å². The van der Waals surface area contributed by atoms with Gasteiger partial charge >= 0.3 is 0 Å². The summed E-state index contributed by atoms with van der Waals surface area (Å²) in [5.74, 6) is 7.32. The van der Waals surface area contributed by atoms with E-state index in [4.69, 9.17) is 0 Å². The number of fused-ring (bicyclic) bond motifs is 5. The second-order valence-corrected chi connectivity index (χ2v) is 18.9. The summed E-state index contributed by atoms with van der Waals surface area (Å²) in [5.41, 5.74) is 2.66. The molecule has 0 spiro atoms. The van der Waals surface area contributed by atoms with Gasteiger partial charge in [-0.25, -0.2) is 0 Å². The SMILES string of the molecule is CC(C)CCC[C@@H](C)[C@H]1CCC2C3CC=C4C[C@@H](SSCCC(=O)C(C)(C)C(C)C)CC[C@]4(C)C3CC[C@@]21C. The Morgan fingerprint density at radius 3 is 2.44 bits per heavy atom. The molecule has 0 aromatic rings. The van der Waals surface area contributed by atoms with Gasteiger partial charge in [0, 0.05) is 22.8 Å². The Balaban J connectivity index is 1.32. The minimum atomic E-state index is -0.192. The van der Waals surface area contributed by atoms with Crippen molar-refractivity contribution >= 4 is 27.4 Å². The molecule has 1 nitrogen and oxygen atoms in total. The van der Waals surface area contributed by atoms with E-state index in [1.165, 1.54) is 70.6 Å². The molecule has 0 radical (unpaired) electrons. The average molecular weight is 575 g/mol. The summed E-state index contributed by atoms with van der Waals surface area (Å²) in [4.78, 5) is 12.7. The fourth-order valence-electron chi connectivity index (χ4n) is 9.66. The highest BCUT2D eigenvalue weighted by Gasteiger charge is 2.59. The molecule has 3 saturated carbocycles. The van der Waals surface area contributed by atoms with Crippen molar-refractivity contribution in [1.29, 1.82) is 0 Å². The Hall–Kier alpha value is 0.110. The zero-order valence-corrected chi connectivity index (χ0v) is 28.7. The van der Waals surface area contributed by atoms with Crippen molar-refractivity contribution in [2.24, 2.45) is 57.7 Å². The third-order valence-electron chi connectivity index (χ3n) is 13.0. The fraction of sp³-hybridized carbons (Fsp3) is 0.917. The lowest BCUT2D eigenvalue weighted by Crippen LogP contribution is -2.50. The molecule has 3 heteroatoms. The number of hydrogen-bond donors (Lipinski definition) is 0. The number of carbonyl (C=O) groups is 1. The Bertz CT molecular complexity index is 873. The van der Waals surface area contributed by atoms with Crippen LogP contribution in [0, 0.1) is 57.7 Å². The van der Waals surface area contributed by atoms with Crippen LogP contribution in [-0.4, -0.2) is 16.8 Å². The van der Waals surface area contributed by atoms with Crippen LogP contribution in [-0.2, 0) is 4.79 Å². The summed E-state index contributed by atoms with van der Waals surface area (Å²) in [6.07, 6.45) is 19.1. The van der Waals surface area contributed by atoms with Crippen molar-refractivity contribution in [2.45, 2.75) is 145 Å². The third-order valence-corrected chi connectivity index (χ3v) is 15.9. The molecule has 39 heavy (non-hydrogen) atoms. The lowest BCUT2D eigenvalue weighted by Gasteiger charge is -2.58. The smallest absolute Gasteiger partial charge is 0.139 e. The van der Waals surface area contributed by atoms with E-state index in [2.05, 4.69) is 79.2 Å². The molecule has 0 bridgehead atoms. The van der Waals surface area contributed by atoms with Gasteiger partial charge in [-0.2, -0.15) is 0 Å². The predicted octanol–water partition coefficient (Wildman–Crippen LogP) is 11.4. The van der Waals surface area contributed by atoms with Gasteiger partial charge in [0.15, 0.2) is 0 Å². The first-order chi connectivity index (χ1) is 18.3. The highest BCUT2D eigenvalue weighted by molar-refractivity contribution is 8.76. The highest BCUT2D eigenvalue weighted by atomic mass is 33.1. The number of carbonyl (C=O) groups excluding carboxylic acids is 1. The lowest BCUT2D eigenvalue weighted by molar-refractivity contribution is -0.128. The maximum absolute atomic E-state index is 12.7. The third kappa shape index (κ3) is 6.55. The summed E-state index contributed by atoms with van der Waals surface area (Å²) < 4.78 is 0. The molecule has 4 rings (SSSR count). The molecule has 0 aromatic heterocycles. The van der Waals surface area contributed by atoms with E-state index in [9.17, 15) is 4.79 Å². The topological polar surface area (TPSA) is 17.1 Å². The molecule has 0 heterocycles. The van der Waals surface area contributed by atoms with Gasteiger partial charge in [0.25, 0.3) is 0 Å². The van der Waals surface area contributed by atoms with Gasteiger partial charge in [0.05, 0.1) is 0 Å². The number of allylic oxidation sites excluding steroid dienone is 2. The molecule has 0 aliphatic heterocycles. The molecule has 4 aliphatic rings. The van der Waals surface area contributed by atoms with E-state index < -0.39 is 0 Å². The second-order valence-electron chi connectivity index (χ2n) is 16.1. The van der Waals surface area contributed by atoms with Crippen molar-refractivity contribution in [3.63, 3.8) is 0 Å². The largest absolute Gasteiger partial charge is 0.299 e. The van der Waals surface area contributed by atoms with Crippen LogP contribution in [0.5, 0.6) is 0 Å². The maximum Gasteiger partial charge on any atom is 0.139 e. The molecule has 8 atom stereocenters. The van der Waals surface area contributed by atoms with Crippen molar-refractivity contribution < 1.29 is 4.79 Å². The van der Waals surface area contributed by atoms with E-state index in [1.54, 1.807) is 0 Å². The molecule has 224 valence electrons. The van der Waals surface area contributed by atoms with Crippen LogP contribution >= 0.6 is 21.6 Å². The van der Waals surface area contributed by atoms with Crippen molar-refractivity contribution in [3.8, 4) is 0 Å². The Morgan fingerprint density at radius 1 is 1.00 bits per heavy atom. The minimum absolute atomic E-state index is 0.192. The Morgan fingerprint density at radius 2 is 1.74 bits per heavy atom. The second kappa shape index (κ2) is 12.8. The van der Waals surface area contributed by atoms with Crippen LogP contribution in [0.15, 0.2) is 11.6 Å². The molecule has 0 aromatic carbocycles. The summed E-state index contributed by atoms with van der Waals surface area (Å²) >= 11 is 0. The predicted molar refractivity (Wildman–Crippen MR) is 175 cm³/mol. The Kier molecular flexibility index (Phi) is 10.5. The van der Waals surface area contributed by atoms with Crippen molar-refractivity contribution in [3.05, 3.63) is 11.6 Å². The zero-order valence-electron chi connectivity index (χ0n) is 27.1. The first-order valence-corrected chi connectivity index (χ1v) is 19.2. The summed E-state index contributed by atoms with van der Waals surface area (Å²) in [7, 11) is 4.06. The zero-order chi connectivity index (χ0) is 28.6. The monoisotopic (exact) mass is 574 g/mol. The van der Waals surface area contributed by atoms with Gasteiger partial charge in [0.1, 0.15) is 5.78 Å². The van der Waals surface area contributed by atoms with Gasteiger partial charge in [0.2, 0.25) is 0 Å². The Labute approximate surface area is 251 Å². The number of ketones is 1. The molecule has 0 amide bonds. The molecule has 0 N–H and O–H groups in total. The van der Waals surface area contributed by atoms with E-state index in [-0.39, 0.29) is 5.41 Å². The molecular formula is C36H62OS2. The highest BCUT2D eigenvalue weighted by Crippen LogP contribution is 2.67. The number of hydrogen-bond acceptors (Lipinski definition) is 3. The van der Waals surface area contributed by atoms with E-state index in [0.29, 0.717) is 22.5 Å². The summed E-state index contributed by atoms with van der Waals surface area (Å²) in [6.45, 7) is 21.4. The number of rotatable bonds is 12. The standard InChI is InChI=1S/C36H62OS2/c1-24(2)11-10-12-26(5)30-15-16-31-29-14-13-27-23-28(39-38-22-19-33(37)34(6,7)25(3)4)17-20-35(27,8)32(29)18-21-36(30,31)9/h13,24-26,28-32H,10-12,14-23H2,1-9H3/t26-,28+,29?,30-,31?,32?,35+,36-/m1/s1. The van der Waals surface area contributed by atoms with Crippen molar-refractivity contribution in [2.75, 3.05) is 5.75 Å². The van der Waals surface area contributed by atoms with Gasteiger partial charge in [-0.15, -0.1) is 0 Å². The normalized spacial score (nSPS) is 37.3. The first kappa shape index (κ1) is 32.0. The lowest BCUT2D eigenvalue weighted by atomic mass is 9.47. The van der Waals surface area contributed by atoms with Gasteiger partial charge in [-0.3, -0.25) is 4.79 Å². The van der Waals surface area contributed by atoms with Crippen molar-refractivity contribution in [1.82, 2.24) is 0 Å². The van der Waals surface area contributed by atoms with Gasteiger partial charge in [-0.1, -0.05) is 115 Å². The van der Waals surface area contributed by atoms with E-state index in [1.807, 2.05) is 16.4 Å². The fourth-order valence-corrected chi connectivity index (χ4v) is 12.3. The van der Waals surface area contributed by atoms with Gasteiger partial charge in [-0.05, 0) is 104 Å². The van der Waals surface area contributed by atoms with Crippen LogP contribution in [0.25, 0.3) is 0 Å². The number of Topliss-reactive ketones (excluding diaryl/α,β-unsaturated/α-hetero) is 1. The molecule has 0 saturated heterocycles. The van der Waals surface area contributed by atoms with Crippen LogP contribution in [0.2, 0.25) is 0 Å². The first-order valence-electron chi connectivity index (χ1n) is 16.8. The molecule has 3 fully saturated rings. The molecular weight excluding hydrogens is 513 g/mol. The van der Waals surface area contributed by atoms with Crippen LogP contribution in [0.3, 0.4) is 0 Å². The van der Waals surface area contributed by atoms with Gasteiger partial charge < -0.3 is 0 Å². The minimum Gasteiger partial charge on any atom is -0.299 e. The van der Waals surface area contributed by atoms with E-state index in [0.717, 1.165) is 52.9 Å². The summed E-state index contributed by atoms with van der Waals surface area (Å²) in [6, 6.07) is 0. The van der Waals surface area contributed by atoms with Crippen LogP contribution in [0.4, 0.5) is 0 Å². The maximum atomic E-state index is 12.7. The average Bonchev–Trinajstić information content (AvgIpc) is 3.23. The summed E-state index contributed by atoms with van der Waals surface area (Å²) in [5, 5.41) is 0.732. The molecule has 4 aliphatic carbocycles. The molecule has 3 unspecified atom stereocenters.